The summed E-state index contributed by atoms with van der Waals surface area (Å²) in [5.41, 5.74) is 2.78. The molecule has 1 aromatic rings. The Kier molecular flexibility index (Phi) is 7.72. The molecule has 0 aromatic heterocycles. The Hall–Kier alpha value is -1.85. The molecule has 148 valence electrons. The Morgan fingerprint density at radius 2 is 1.96 bits per heavy atom. The summed E-state index contributed by atoms with van der Waals surface area (Å²) in [5, 5.41) is 13.1. The van der Waals surface area contributed by atoms with Crippen molar-refractivity contribution < 1.29 is 5.11 Å². The number of piperidine rings is 1. The quantitative estimate of drug-likeness (QED) is 0.459. The molecule has 0 amide bonds. The molecule has 0 atom stereocenters. The molecule has 0 radical (unpaired) electrons. The van der Waals surface area contributed by atoms with E-state index in [4.69, 9.17) is 4.99 Å². The van der Waals surface area contributed by atoms with Crippen molar-refractivity contribution in [1.29, 1.82) is 0 Å². The van der Waals surface area contributed by atoms with E-state index in [9.17, 15) is 5.11 Å². The van der Waals surface area contributed by atoms with Crippen LogP contribution in [0.4, 0.5) is 0 Å². The molecular formula is C22H34N4O. The monoisotopic (exact) mass is 370 g/mol. The molecule has 0 saturated carbocycles. The molecular weight excluding hydrogens is 336 g/mol. The summed E-state index contributed by atoms with van der Waals surface area (Å²) in [7, 11) is 0. The lowest BCUT2D eigenvalue weighted by atomic mass is 10.00. The van der Waals surface area contributed by atoms with Gasteiger partial charge in [-0.05, 0) is 50.3 Å². The van der Waals surface area contributed by atoms with Crippen LogP contribution in [-0.4, -0.2) is 72.8 Å². The number of hydrogen-bond acceptors (Lipinski definition) is 3. The molecule has 3 rings (SSSR count). The number of guanidine groups is 1. The SMILES string of the molecule is CCNC(=NCCCN1CCC(O)CC1)N1CC=C(c2ccccc2)CC1. The van der Waals surface area contributed by atoms with Crippen molar-refractivity contribution in [3.05, 3.63) is 42.0 Å². The third kappa shape index (κ3) is 6.08. The normalized spacial score (nSPS) is 19.9. The highest BCUT2D eigenvalue weighted by molar-refractivity contribution is 5.81. The van der Waals surface area contributed by atoms with Crippen molar-refractivity contribution in [3.8, 4) is 0 Å². The summed E-state index contributed by atoms with van der Waals surface area (Å²) >= 11 is 0. The van der Waals surface area contributed by atoms with E-state index in [2.05, 4.69) is 58.4 Å². The molecule has 2 N–H and O–H groups in total. The van der Waals surface area contributed by atoms with Gasteiger partial charge in [-0.25, -0.2) is 0 Å². The first-order valence-electron chi connectivity index (χ1n) is 10.4. The van der Waals surface area contributed by atoms with E-state index >= 15 is 0 Å². The molecule has 2 heterocycles. The lowest BCUT2D eigenvalue weighted by Gasteiger charge is -2.30. The number of benzene rings is 1. The topological polar surface area (TPSA) is 51.1 Å². The van der Waals surface area contributed by atoms with Gasteiger partial charge in [-0.15, -0.1) is 0 Å². The van der Waals surface area contributed by atoms with Crippen LogP contribution in [0.1, 0.15) is 38.2 Å². The molecule has 27 heavy (non-hydrogen) atoms. The highest BCUT2D eigenvalue weighted by atomic mass is 16.3. The number of aliphatic imine (C=N–C) groups is 1. The molecule has 2 aliphatic heterocycles. The van der Waals surface area contributed by atoms with Crippen molar-refractivity contribution >= 4 is 11.5 Å². The van der Waals surface area contributed by atoms with Gasteiger partial charge in [0.05, 0.1) is 6.10 Å². The largest absolute Gasteiger partial charge is 0.393 e. The molecule has 0 unspecified atom stereocenters. The number of aliphatic hydroxyl groups is 1. The van der Waals surface area contributed by atoms with Crippen LogP contribution in [0, 0.1) is 0 Å². The van der Waals surface area contributed by atoms with Crippen LogP contribution in [0.25, 0.3) is 5.57 Å². The first-order chi connectivity index (χ1) is 13.3. The third-order valence-corrected chi connectivity index (χ3v) is 5.44. The fourth-order valence-electron chi connectivity index (χ4n) is 3.82. The van der Waals surface area contributed by atoms with Crippen molar-refractivity contribution in [2.75, 3.05) is 45.8 Å². The summed E-state index contributed by atoms with van der Waals surface area (Å²) in [6.45, 7) is 8.92. The predicted molar refractivity (Wildman–Crippen MR) is 113 cm³/mol. The van der Waals surface area contributed by atoms with Gasteiger partial charge in [0.25, 0.3) is 0 Å². The second kappa shape index (κ2) is 10.5. The second-order valence-electron chi connectivity index (χ2n) is 7.45. The van der Waals surface area contributed by atoms with Gasteiger partial charge in [0.15, 0.2) is 5.96 Å². The minimum atomic E-state index is -0.0902. The van der Waals surface area contributed by atoms with Crippen LogP contribution < -0.4 is 5.32 Å². The fourth-order valence-corrected chi connectivity index (χ4v) is 3.82. The van der Waals surface area contributed by atoms with Crippen molar-refractivity contribution in [2.45, 2.75) is 38.7 Å². The summed E-state index contributed by atoms with van der Waals surface area (Å²) in [6.07, 6.45) is 6.21. The zero-order valence-electron chi connectivity index (χ0n) is 16.6. The van der Waals surface area contributed by atoms with Crippen LogP contribution in [0.3, 0.4) is 0 Å². The molecule has 2 aliphatic rings. The van der Waals surface area contributed by atoms with Crippen LogP contribution in [0.15, 0.2) is 41.4 Å². The summed E-state index contributed by atoms with van der Waals surface area (Å²) < 4.78 is 0. The van der Waals surface area contributed by atoms with Gasteiger partial charge in [-0.3, -0.25) is 4.99 Å². The smallest absolute Gasteiger partial charge is 0.194 e. The van der Waals surface area contributed by atoms with Crippen LogP contribution in [-0.2, 0) is 0 Å². The maximum absolute atomic E-state index is 9.60. The van der Waals surface area contributed by atoms with Gasteiger partial charge >= 0.3 is 0 Å². The first kappa shape index (κ1) is 19.9. The zero-order chi connectivity index (χ0) is 18.9. The van der Waals surface area contributed by atoms with Gasteiger partial charge in [0.2, 0.25) is 0 Å². The second-order valence-corrected chi connectivity index (χ2v) is 7.45. The van der Waals surface area contributed by atoms with Crippen LogP contribution >= 0.6 is 0 Å². The van der Waals surface area contributed by atoms with E-state index in [-0.39, 0.29) is 6.10 Å². The van der Waals surface area contributed by atoms with E-state index in [0.29, 0.717) is 0 Å². The van der Waals surface area contributed by atoms with Crippen LogP contribution in [0.2, 0.25) is 0 Å². The average molecular weight is 371 g/mol. The van der Waals surface area contributed by atoms with Gasteiger partial charge in [0.1, 0.15) is 0 Å². The summed E-state index contributed by atoms with van der Waals surface area (Å²) in [4.78, 5) is 9.66. The van der Waals surface area contributed by atoms with Gasteiger partial charge in [-0.1, -0.05) is 36.4 Å². The maximum atomic E-state index is 9.60. The number of rotatable bonds is 6. The average Bonchev–Trinajstić information content (AvgIpc) is 2.72. The summed E-state index contributed by atoms with van der Waals surface area (Å²) in [6, 6.07) is 10.7. The highest BCUT2D eigenvalue weighted by Gasteiger charge is 2.17. The van der Waals surface area contributed by atoms with E-state index in [1.807, 2.05) is 0 Å². The lowest BCUT2D eigenvalue weighted by molar-refractivity contribution is 0.0824. The molecule has 0 bridgehead atoms. The van der Waals surface area contributed by atoms with Gasteiger partial charge in [0, 0.05) is 39.3 Å². The standard InChI is InChI=1S/C22H34N4O/c1-2-23-22(24-13-6-14-25-15-11-21(27)12-16-25)26-17-9-20(10-18-26)19-7-4-3-5-8-19/h3-5,7-9,21,27H,2,6,10-18H2,1H3,(H,23,24). The number of likely N-dealkylation sites (tertiary alicyclic amines) is 1. The van der Waals surface area contributed by atoms with E-state index in [1.165, 1.54) is 11.1 Å². The Bertz CT molecular complexity index is 620. The van der Waals surface area contributed by atoms with Crippen molar-refractivity contribution in [2.24, 2.45) is 4.99 Å². The molecule has 1 aromatic carbocycles. The molecule has 5 heteroatoms. The number of hydrogen-bond donors (Lipinski definition) is 2. The maximum Gasteiger partial charge on any atom is 0.194 e. The molecule has 1 saturated heterocycles. The molecule has 0 aliphatic carbocycles. The Labute approximate surface area is 163 Å². The van der Waals surface area contributed by atoms with Crippen LogP contribution in [0.5, 0.6) is 0 Å². The summed E-state index contributed by atoms with van der Waals surface area (Å²) in [5.74, 6) is 1.04. The Balaban J connectivity index is 1.48. The third-order valence-electron chi connectivity index (χ3n) is 5.44. The minimum absolute atomic E-state index is 0.0902. The predicted octanol–water partition coefficient (Wildman–Crippen LogP) is 2.59. The molecule has 0 spiro atoms. The Morgan fingerprint density at radius 1 is 1.19 bits per heavy atom. The van der Waals surface area contributed by atoms with E-state index < -0.39 is 0 Å². The fraction of sp³-hybridized carbons (Fsp3) is 0.591. The number of aliphatic hydroxyl groups excluding tert-OH is 1. The van der Waals surface area contributed by atoms with Gasteiger partial charge < -0.3 is 20.2 Å². The van der Waals surface area contributed by atoms with E-state index in [1.54, 1.807) is 0 Å². The lowest BCUT2D eigenvalue weighted by Crippen LogP contribution is -2.43. The van der Waals surface area contributed by atoms with E-state index in [0.717, 1.165) is 77.5 Å². The Morgan fingerprint density at radius 3 is 2.63 bits per heavy atom. The van der Waals surface area contributed by atoms with Crippen molar-refractivity contribution in [1.82, 2.24) is 15.1 Å². The molecule has 5 nitrogen and oxygen atoms in total. The first-order valence-corrected chi connectivity index (χ1v) is 10.4. The number of nitrogens with one attached hydrogen (secondary N) is 1. The van der Waals surface area contributed by atoms with Crippen molar-refractivity contribution in [3.63, 3.8) is 0 Å². The minimum Gasteiger partial charge on any atom is -0.393 e. The number of nitrogens with zero attached hydrogens (tertiary/aromatic N) is 3. The molecule has 1 fully saturated rings. The zero-order valence-corrected chi connectivity index (χ0v) is 16.6. The highest BCUT2D eigenvalue weighted by Crippen LogP contribution is 2.22. The van der Waals surface area contributed by atoms with Gasteiger partial charge in [-0.2, -0.15) is 0 Å².